The first-order chi connectivity index (χ1) is 17.2. The minimum Gasteiger partial charge on any atom is -0.289 e. The molecule has 0 aromatic heterocycles. The van der Waals surface area contributed by atoms with E-state index in [1.54, 1.807) is 24.3 Å². The van der Waals surface area contributed by atoms with Gasteiger partial charge in [-0.15, -0.1) is 36.1 Å². The van der Waals surface area contributed by atoms with E-state index in [4.69, 9.17) is 19.6 Å². The molecule has 0 unspecified atom stereocenters. The van der Waals surface area contributed by atoms with E-state index < -0.39 is 28.1 Å². The van der Waals surface area contributed by atoms with Crippen molar-refractivity contribution >= 4 is 38.5 Å². The summed E-state index contributed by atoms with van der Waals surface area (Å²) in [6, 6.07) is 13.9. The van der Waals surface area contributed by atoms with Gasteiger partial charge in [-0.25, -0.2) is 9.59 Å². The zero-order chi connectivity index (χ0) is 26.8. The molecule has 188 valence electrons. The minimum atomic E-state index is -1.99. The van der Waals surface area contributed by atoms with Crippen molar-refractivity contribution in [2.45, 2.75) is 25.9 Å². The lowest BCUT2D eigenvalue weighted by molar-refractivity contribution is -0.363. The molecule has 0 amide bonds. The molecule has 0 fully saturated rings. The van der Waals surface area contributed by atoms with Crippen molar-refractivity contribution in [2.75, 3.05) is 0 Å². The summed E-state index contributed by atoms with van der Waals surface area (Å²) in [5, 5.41) is 2.11. The van der Waals surface area contributed by atoms with E-state index in [0.717, 1.165) is 10.4 Å². The molecule has 0 heterocycles. The van der Waals surface area contributed by atoms with E-state index in [-0.39, 0.29) is 23.8 Å². The second-order valence-electron chi connectivity index (χ2n) is 8.42. The van der Waals surface area contributed by atoms with Crippen molar-refractivity contribution in [1.82, 2.24) is 0 Å². The zero-order valence-electron chi connectivity index (χ0n) is 20.8. The van der Waals surface area contributed by atoms with Crippen molar-refractivity contribution in [3.05, 3.63) is 122 Å². The molecule has 0 spiro atoms. The van der Waals surface area contributed by atoms with Crippen LogP contribution in [0.2, 0.25) is 13.1 Å². The Labute approximate surface area is 215 Å². The van der Waals surface area contributed by atoms with Crippen molar-refractivity contribution in [1.29, 1.82) is 0 Å². The Morgan fingerprint density at radius 3 is 1.28 bits per heavy atom. The Morgan fingerprint density at radius 1 is 0.667 bits per heavy atom. The standard InChI is InChI=1S/C28H32O6Si2/c1-8-13-26(31-33-27(29)22-14-18-24(19-15-22)35(6,9-2)10-3)32-34-28(30)23-16-20-25(21-17-23)36(7,11-4)12-5/h9-12,14-21H,1-5,8,13H2,6-7H3. The Kier molecular flexibility index (Phi) is 10.5. The molecule has 2 rings (SSSR count). The van der Waals surface area contributed by atoms with Crippen LogP contribution in [-0.4, -0.2) is 28.1 Å². The summed E-state index contributed by atoms with van der Waals surface area (Å²) in [4.78, 5) is 44.6. The van der Waals surface area contributed by atoms with Gasteiger partial charge < -0.3 is 0 Å². The molecule has 0 aliphatic rings. The van der Waals surface area contributed by atoms with Crippen LogP contribution >= 0.6 is 0 Å². The van der Waals surface area contributed by atoms with Crippen LogP contribution in [0.3, 0.4) is 0 Å². The van der Waals surface area contributed by atoms with Crippen LogP contribution in [0.15, 0.2) is 97.6 Å². The van der Waals surface area contributed by atoms with Crippen LogP contribution in [0.5, 0.6) is 0 Å². The predicted octanol–water partition coefficient (Wildman–Crippen LogP) is 5.14. The molecule has 0 atom stereocenters. The molecule has 0 N–H and O–H groups in total. The van der Waals surface area contributed by atoms with Gasteiger partial charge in [-0.1, -0.05) is 77.5 Å². The summed E-state index contributed by atoms with van der Waals surface area (Å²) in [6.07, 6.45) is 0.285. The van der Waals surface area contributed by atoms with Gasteiger partial charge in [0.05, 0.1) is 11.1 Å². The summed E-state index contributed by atoms with van der Waals surface area (Å²) in [7, 11) is -3.97. The molecule has 0 aliphatic carbocycles. The van der Waals surface area contributed by atoms with Crippen LogP contribution in [0.4, 0.5) is 0 Å². The largest absolute Gasteiger partial charge is 0.373 e. The smallest absolute Gasteiger partial charge is 0.289 e. The second kappa shape index (κ2) is 13.1. The van der Waals surface area contributed by atoms with Gasteiger partial charge in [-0.3, -0.25) is 9.78 Å². The van der Waals surface area contributed by atoms with Crippen molar-refractivity contribution in [3.63, 3.8) is 0 Å². The first-order valence-corrected chi connectivity index (χ1v) is 16.7. The van der Waals surface area contributed by atoms with E-state index in [1.807, 2.05) is 47.1 Å². The molecule has 2 radical (unpaired) electrons. The molecular formula is C28H32O6Si2. The Bertz CT molecular complexity index is 991. The summed E-state index contributed by atoms with van der Waals surface area (Å²) < 4.78 is 0. The Hall–Kier alpha value is -3.31. The third-order valence-electron chi connectivity index (χ3n) is 5.98. The number of hydrogen-bond donors (Lipinski definition) is 0. The van der Waals surface area contributed by atoms with E-state index in [1.165, 1.54) is 0 Å². The highest BCUT2D eigenvalue weighted by Crippen LogP contribution is 2.17. The van der Waals surface area contributed by atoms with Gasteiger partial charge in [0.15, 0.2) is 0 Å². The van der Waals surface area contributed by atoms with Gasteiger partial charge in [0.1, 0.15) is 16.1 Å². The zero-order valence-corrected chi connectivity index (χ0v) is 22.8. The van der Waals surface area contributed by atoms with Crippen molar-refractivity contribution < 1.29 is 29.1 Å². The fourth-order valence-electron chi connectivity index (χ4n) is 3.08. The fraction of sp³-hybridized carbons (Fsp3) is 0.143. The predicted molar refractivity (Wildman–Crippen MR) is 147 cm³/mol. The number of carbonyl (C=O) groups excluding carboxylic acids is 2. The van der Waals surface area contributed by atoms with Crippen LogP contribution in [0, 0.1) is 13.2 Å². The van der Waals surface area contributed by atoms with Gasteiger partial charge in [0, 0.05) is 6.42 Å². The third-order valence-corrected chi connectivity index (χ3v) is 12.5. The average Bonchev–Trinajstić information content (AvgIpc) is 2.93. The fourth-order valence-corrected chi connectivity index (χ4v) is 6.12. The highest BCUT2D eigenvalue weighted by molar-refractivity contribution is 6.99. The summed E-state index contributed by atoms with van der Waals surface area (Å²) >= 11 is 0. The van der Waals surface area contributed by atoms with E-state index in [2.05, 4.69) is 46.3 Å². The molecule has 36 heavy (non-hydrogen) atoms. The van der Waals surface area contributed by atoms with E-state index >= 15 is 0 Å². The number of carbonyl (C=O) groups is 2. The minimum absolute atomic E-state index is 0.143. The first-order valence-electron chi connectivity index (χ1n) is 11.3. The Balaban J connectivity index is 1.96. The topological polar surface area (TPSA) is 71.1 Å². The average molecular weight is 521 g/mol. The van der Waals surface area contributed by atoms with Crippen LogP contribution < -0.4 is 10.4 Å². The molecule has 2 aromatic carbocycles. The third kappa shape index (κ3) is 7.11. The normalized spacial score (nSPS) is 11.4. The van der Waals surface area contributed by atoms with Gasteiger partial charge in [-0.2, -0.15) is 0 Å². The van der Waals surface area contributed by atoms with Crippen molar-refractivity contribution in [2.24, 2.45) is 0 Å². The molecule has 0 bridgehead atoms. The maximum absolute atomic E-state index is 12.4. The molecule has 0 saturated heterocycles. The molecule has 6 nitrogen and oxygen atoms in total. The molecule has 8 heteroatoms. The quantitative estimate of drug-likeness (QED) is 0.195. The van der Waals surface area contributed by atoms with Gasteiger partial charge in [0.2, 0.25) is 0 Å². The lowest BCUT2D eigenvalue weighted by atomic mass is 10.2. The number of benzene rings is 2. The van der Waals surface area contributed by atoms with Crippen LogP contribution in [0.1, 0.15) is 33.6 Å². The first kappa shape index (κ1) is 28.9. The summed E-state index contributed by atoms with van der Waals surface area (Å²) in [5.74, 6) is -1.46. The maximum atomic E-state index is 12.4. The molecular weight excluding hydrogens is 488 g/mol. The summed E-state index contributed by atoms with van der Waals surface area (Å²) in [5.41, 5.74) is 8.19. The summed E-state index contributed by atoms with van der Waals surface area (Å²) in [6.45, 7) is 23.5. The molecule has 0 saturated carbocycles. The highest BCUT2D eigenvalue weighted by Gasteiger charge is 2.25. The second-order valence-corrected chi connectivity index (χ2v) is 16.3. The molecule has 0 aliphatic heterocycles. The maximum Gasteiger partial charge on any atom is 0.373 e. The van der Waals surface area contributed by atoms with Crippen molar-refractivity contribution in [3.8, 4) is 0 Å². The van der Waals surface area contributed by atoms with Gasteiger partial charge in [0.25, 0.3) is 0 Å². The van der Waals surface area contributed by atoms with E-state index in [9.17, 15) is 9.59 Å². The van der Waals surface area contributed by atoms with Gasteiger partial charge >= 0.3 is 18.2 Å². The lowest BCUT2D eigenvalue weighted by Gasteiger charge is -2.19. The number of hydrogen-bond acceptors (Lipinski definition) is 6. The SMILES string of the molecule is [CH2]CC[C](OOC(=O)c1ccc([Si](C)(C=C)C=C)cc1)OOC(=O)c1ccc([Si](C)(C=C)C=C)cc1. The Morgan fingerprint density at radius 2 is 1.00 bits per heavy atom. The monoisotopic (exact) mass is 520 g/mol. The molecule has 2 aromatic rings. The van der Waals surface area contributed by atoms with Crippen LogP contribution in [-0.2, 0) is 19.6 Å². The number of rotatable bonds is 14. The van der Waals surface area contributed by atoms with E-state index in [0.29, 0.717) is 6.42 Å². The lowest BCUT2D eigenvalue weighted by Crippen LogP contribution is -2.40. The van der Waals surface area contributed by atoms with Gasteiger partial charge in [-0.05, 0) is 30.7 Å². The van der Waals surface area contributed by atoms with Crippen LogP contribution in [0.25, 0.3) is 0 Å². The highest BCUT2D eigenvalue weighted by atomic mass is 28.3.